The predicted molar refractivity (Wildman–Crippen MR) is 110 cm³/mol. The van der Waals surface area contributed by atoms with Crippen molar-refractivity contribution < 1.29 is 18.8 Å². The molecule has 5 rings (SSSR count). The number of anilines is 2. The minimum absolute atomic E-state index is 0.346. The molecule has 0 saturated carbocycles. The molecule has 0 N–H and O–H groups in total. The van der Waals surface area contributed by atoms with Gasteiger partial charge in [-0.25, -0.2) is 14.4 Å². The third-order valence-electron chi connectivity index (χ3n) is 5.61. The zero-order valence-corrected chi connectivity index (χ0v) is 16.2. The summed E-state index contributed by atoms with van der Waals surface area (Å²) < 4.78 is 14.0. The molecule has 5 nitrogen and oxygen atoms in total. The third-order valence-corrected chi connectivity index (χ3v) is 5.61. The number of hydroxylamine groups is 1. The highest BCUT2D eigenvalue weighted by Gasteiger charge is 2.60. The lowest BCUT2D eigenvalue weighted by Gasteiger charge is -2.28. The van der Waals surface area contributed by atoms with Gasteiger partial charge in [0.05, 0.1) is 17.4 Å². The summed E-state index contributed by atoms with van der Waals surface area (Å²) in [7, 11) is 0. The summed E-state index contributed by atoms with van der Waals surface area (Å²) >= 11 is 0. The highest BCUT2D eigenvalue weighted by Crippen LogP contribution is 2.47. The number of rotatable bonds is 3. The molecule has 2 aliphatic heterocycles. The standard InChI is InChI=1S/C24H19FN2O3/c1-15-10-12-18(13-11-15)26-23(28)20-21(16-6-5-7-17(25)14-16)27(30-22(20)24(26)29)19-8-3-2-4-9-19/h2-14,20-22H,1H3/t20-,21-,22+/m0/s1. The Morgan fingerprint density at radius 3 is 2.27 bits per heavy atom. The van der Waals surface area contributed by atoms with E-state index in [1.54, 1.807) is 29.3 Å². The van der Waals surface area contributed by atoms with Crippen LogP contribution in [0.4, 0.5) is 15.8 Å². The molecule has 0 unspecified atom stereocenters. The van der Waals surface area contributed by atoms with E-state index >= 15 is 0 Å². The molecule has 0 bridgehead atoms. The summed E-state index contributed by atoms with van der Waals surface area (Å²) in [6.07, 6.45) is -0.965. The number of amides is 2. The van der Waals surface area contributed by atoms with Crippen LogP contribution in [0, 0.1) is 18.7 Å². The molecule has 0 spiro atoms. The minimum Gasteiger partial charge on any atom is -0.273 e. The van der Waals surface area contributed by atoms with Gasteiger partial charge in [-0.3, -0.25) is 14.4 Å². The zero-order chi connectivity index (χ0) is 20.8. The highest BCUT2D eigenvalue weighted by atomic mass is 19.1. The third kappa shape index (κ3) is 2.88. The van der Waals surface area contributed by atoms with E-state index in [1.165, 1.54) is 17.0 Å². The number of para-hydroxylation sites is 1. The topological polar surface area (TPSA) is 49.9 Å². The Balaban J connectivity index is 1.59. The van der Waals surface area contributed by atoms with Gasteiger partial charge in [0.1, 0.15) is 11.7 Å². The van der Waals surface area contributed by atoms with Gasteiger partial charge in [0.2, 0.25) is 5.91 Å². The van der Waals surface area contributed by atoms with Crippen molar-refractivity contribution in [2.45, 2.75) is 19.1 Å². The van der Waals surface area contributed by atoms with Gasteiger partial charge in [0.15, 0.2) is 6.10 Å². The average Bonchev–Trinajstić information content (AvgIpc) is 3.26. The van der Waals surface area contributed by atoms with E-state index in [9.17, 15) is 14.0 Å². The van der Waals surface area contributed by atoms with E-state index in [0.717, 1.165) is 5.56 Å². The SMILES string of the molecule is Cc1ccc(N2C(=O)[C@@H]3[C@@H](ON(c4ccccc4)[C@H]3c3cccc(F)c3)C2=O)cc1. The van der Waals surface area contributed by atoms with Crippen molar-refractivity contribution in [3.8, 4) is 0 Å². The first-order valence-corrected chi connectivity index (χ1v) is 9.75. The normalized spacial score (nSPS) is 23.2. The number of hydrogen-bond acceptors (Lipinski definition) is 4. The van der Waals surface area contributed by atoms with Crippen LogP contribution in [-0.4, -0.2) is 17.9 Å². The molecule has 3 atom stereocenters. The summed E-state index contributed by atoms with van der Waals surface area (Å²) in [6.45, 7) is 1.94. The lowest BCUT2D eigenvalue weighted by Crippen LogP contribution is -2.37. The molecule has 2 heterocycles. The maximum Gasteiger partial charge on any atom is 0.266 e. The summed E-state index contributed by atoms with van der Waals surface area (Å²) in [5, 5.41) is 1.56. The van der Waals surface area contributed by atoms with E-state index in [4.69, 9.17) is 4.84 Å². The Kier molecular flexibility index (Phi) is 4.37. The van der Waals surface area contributed by atoms with Gasteiger partial charge in [-0.05, 0) is 48.9 Å². The minimum atomic E-state index is -0.965. The van der Waals surface area contributed by atoms with E-state index in [1.807, 2.05) is 49.4 Å². The molecular weight excluding hydrogens is 383 g/mol. The first-order chi connectivity index (χ1) is 14.5. The van der Waals surface area contributed by atoms with Crippen molar-refractivity contribution in [2.24, 2.45) is 5.92 Å². The molecule has 2 saturated heterocycles. The Bertz CT molecular complexity index is 1120. The van der Waals surface area contributed by atoms with Crippen LogP contribution in [0.25, 0.3) is 0 Å². The zero-order valence-electron chi connectivity index (χ0n) is 16.2. The second-order valence-corrected chi connectivity index (χ2v) is 7.56. The maximum absolute atomic E-state index is 14.0. The largest absolute Gasteiger partial charge is 0.273 e. The number of fused-ring (bicyclic) bond motifs is 1. The lowest BCUT2D eigenvalue weighted by atomic mass is 9.90. The van der Waals surface area contributed by atoms with Crippen LogP contribution in [0.2, 0.25) is 0 Å². The number of carbonyl (C=O) groups excluding carboxylic acids is 2. The first kappa shape index (κ1) is 18.5. The molecule has 30 heavy (non-hydrogen) atoms. The second-order valence-electron chi connectivity index (χ2n) is 7.56. The van der Waals surface area contributed by atoms with Crippen molar-refractivity contribution >= 4 is 23.2 Å². The molecule has 2 fully saturated rings. The molecule has 150 valence electrons. The Morgan fingerprint density at radius 1 is 0.833 bits per heavy atom. The highest BCUT2D eigenvalue weighted by molar-refractivity contribution is 6.23. The summed E-state index contributed by atoms with van der Waals surface area (Å²) in [6, 6.07) is 21.9. The second kappa shape index (κ2) is 7.07. The van der Waals surface area contributed by atoms with Gasteiger partial charge in [-0.15, -0.1) is 0 Å². The molecule has 2 amide bonds. The van der Waals surface area contributed by atoms with Crippen molar-refractivity contribution in [1.82, 2.24) is 0 Å². The van der Waals surface area contributed by atoms with Gasteiger partial charge in [0.25, 0.3) is 5.91 Å². The number of aryl methyl sites for hydroxylation is 1. The lowest BCUT2D eigenvalue weighted by molar-refractivity contribution is -0.126. The van der Waals surface area contributed by atoms with Gasteiger partial charge in [-0.2, -0.15) is 0 Å². The number of imide groups is 1. The van der Waals surface area contributed by atoms with Crippen LogP contribution in [0.5, 0.6) is 0 Å². The molecule has 3 aromatic rings. The Hall–Kier alpha value is -3.51. The fraction of sp³-hybridized carbons (Fsp3) is 0.167. The van der Waals surface area contributed by atoms with Crippen molar-refractivity contribution in [3.05, 3.63) is 95.8 Å². The van der Waals surface area contributed by atoms with Gasteiger partial charge < -0.3 is 0 Å². The summed E-state index contributed by atoms with van der Waals surface area (Å²) in [5.41, 5.74) is 2.82. The van der Waals surface area contributed by atoms with Crippen molar-refractivity contribution in [2.75, 3.05) is 9.96 Å². The van der Waals surface area contributed by atoms with Crippen LogP contribution in [0.15, 0.2) is 78.9 Å². The first-order valence-electron chi connectivity index (χ1n) is 9.75. The van der Waals surface area contributed by atoms with Gasteiger partial charge >= 0.3 is 0 Å². The van der Waals surface area contributed by atoms with Crippen LogP contribution < -0.4 is 9.96 Å². The predicted octanol–water partition coefficient (Wildman–Crippen LogP) is 4.19. The quantitative estimate of drug-likeness (QED) is 0.617. The van der Waals surface area contributed by atoms with Crippen LogP contribution in [-0.2, 0) is 14.4 Å². The number of hydrogen-bond donors (Lipinski definition) is 0. The molecule has 0 aromatic heterocycles. The van der Waals surface area contributed by atoms with Crippen LogP contribution >= 0.6 is 0 Å². The van der Waals surface area contributed by atoms with Crippen LogP contribution in [0.1, 0.15) is 17.2 Å². The molecule has 0 radical (unpaired) electrons. The van der Waals surface area contributed by atoms with Crippen molar-refractivity contribution in [3.63, 3.8) is 0 Å². The van der Waals surface area contributed by atoms with Crippen molar-refractivity contribution in [1.29, 1.82) is 0 Å². The van der Waals surface area contributed by atoms with E-state index in [0.29, 0.717) is 16.9 Å². The number of halogens is 1. The maximum atomic E-state index is 14.0. The average molecular weight is 402 g/mol. The van der Waals surface area contributed by atoms with E-state index in [-0.39, 0.29) is 5.91 Å². The molecule has 6 heteroatoms. The Labute approximate surface area is 173 Å². The monoisotopic (exact) mass is 402 g/mol. The number of benzene rings is 3. The molecular formula is C24H19FN2O3. The molecule has 3 aromatic carbocycles. The molecule has 0 aliphatic carbocycles. The van der Waals surface area contributed by atoms with Gasteiger partial charge in [-0.1, -0.05) is 48.0 Å². The Morgan fingerprint density at radius 2 is 1.57 bits per heavy atom. The summed E-state index contributed by atoms with van der Waals surface area (Å²) in [4.78, 5) is 33.8. The van der Waals surface area contributed by atoms with Gasteiger partial charge in [0, 0.05) is 0 Å². The fourth-order valence-corrected chi connectivity index (χ4v) is 4.19. The van der Waals surface area contributed by atoms with E-state index < -0.39 is 29.8 Å². The van der Waals surface area contributed by atoms with Crippen LogP contribution in [0.3, 0.4) is 0 Å². The molecule has 2 aliphatic rings. The van der Waals surface area contributed by atoms with E-state index in [2.05, 4.69) is 0 Å². The smallest absolute Gasteiger partial charge is 0.266 e. The number of carbonyl (C=O) groups is 2. The fourth-order valence-electron chi connectivity index (χ4n) is 4.19. The number of nitrogens with zero attached hydrogens (tertiary/aromatic N) is 2. The summed E-state index contributed by atoms with van der Waals surface area (Å²) in [5.74, 6) is -1.94.